The quantitative estimate of drug-likeness (QED) is 0.608. The summed E-state index contributed by atoms with van der Waals surface area (Å²) in [6.45, 7) is 1.85. The number of nitrogens with zero attached hydrogens (tertiary/aromatic N) is 2. The molecule has 5 nitrogen and oxygen atoms in total. The minimum atomic E-state index is 0.377. The van der Waals surface area contributed by atoms with Crippen molar-refractivity contribution < 1.29 is 14.3 Å². The smallest absolute Gasteiger partial charge is 0.252 e. The first-order valence-electron chi connectivity index (χ1n) is 3.76. The highest BCUT2D eigenvalue weighted by molar-refractivity contribution is 5.73. The molecule has 0 spiro atoms. The van der Waals surface area contributed by atoms with Crippen molar-refractivity contribution in [1.29, 1.82) is 0 Å². The van der Waals surface area contributed by atoms with Crippen LogP contribution in [-0.2, 0) is 0 Å². The molecule has 0 saturated heterocycles. The molecule has 0 fully saturated rings. The van der Waals surface area contributed by atoms with Crippen LogP contribution in [0.25, 0.3) is 11.0 Å². The van der Waals surface area contributed by atoms with Gasteiger partial charge in [0.2, 0.25) is 5.52 Å². The highest BCUT2D eigenvalue weighted by Crippen LogP contribution is 2.21. The van der Waals surface area contributed by atoms with Gasteiger partial charge in [-0.15, -0.1) is 0 Å². The molecule has 1 aromatic carbocycles. The molecule has 0 aliphatic rings. The third kappa shape index (κ3) is 1.09. The SMILES string of the molecule is COc1cc2no[n+]([O-])c2cc1C. The third-order valence-corrected chi connectivity index (χ3v) is 1.90. The Morgan fingerprint density at radius 2 is 2.31 bits per heavy atom. The third-order valence-electron chi connectivity index (χ3n) is 1.90. The molecular weight excluding hydrogens is 172 g/mol. The number of hydrogen-bond acceptors (Lipinski definition) is 4. The zero-order chi connectivity index (χ0) is 9.42. The van der Waals surface area contributed by atoms with Gasteiger partial charge in [0.25, 0.3) is 5.52 Å². The van der Waals surface area contributed by atoms with E-state index in [0.29, 0.717) is 21.7 Å². The molecule has 0 bridgehead atoms. The molecular formula is C8H8N2O3. The van der Waals surface area contributed by atoms with Crippen LogP contribution in [0.1, 0.15) is 5.56 Å². The molecule has 0 saturated carbocycles. The fourth-order valence-electron chi connectivity index (χ4n) is 1.23. The Labute approximate surface area is 74.1 Å². The molecule has 0 atom stereocenters. The van der Waals surface area contributed by atoms with Crippen molar-refractivity contribution in [1.82, 2.24) is 5.16 Å². The van der Waals surface area contributed by atoms with Gasteiger partial charge in [0, 0.05) is 17.3 Å². The number of ether oxygens (including phenoxy) is 1. The largest absolute Gasteiger partial charge is 0.496 e. The number of fused-ring (bicyclic) bond motifs is 1. The van der Waals surface area contributed by atoms with E-state index in [4.69, 9.17) is 4.74 Å². The van der Waals surface area contributed by atoms with Gasteiger partial charge in [0.15, 0.2) is 0 Å². The van der Waals surface area contributed by atoms with Crippen LogP contribution in [0.15, 0.2) is 16.8 Å². The first-order chi connectivity index (χ1) is 6.22. The van der Waals surface area contributed by atoms with Gasteiger partial charge in [0.1, 0.15) is 5.75 Å². The van der Waals surface area contributed by atoms with Gasteiger partial charge < -0.3 is 9.94 Å². The Hall–Kier alpha value is -1.78. The Kier molecular flexibility index (Phi) is 1.58. The average Bonchev–Trinajstić information content (AvgIpc) is 2.47. The van der Waals surface area contributed by atoms with Gasteiger partial charge in [0.05, 0.1) is 7.11 Å². The maximum Gasteiger partial charge on any atom is 0.252 e. The lowest BCUT2D eigenvalue weighted by molar-refractivity contribution is -0.782. The monoisotopic (exact) mass is 180 g/mol. The fourth-order valence-corrected chi connectivity index (χ4v) is 1.23. The topological polar surface area (TPSA) is 62.2 Å². The zero-order valence-electron chi connectivity index (χ0n) is 7.27. The molecule has 68 valence electrons. The summed E-state index contributed by atoms with van der Waals surface area (Å²) >= 11 is 0. The Bertz CT molecular complexity index is 450. The van der Waals surface area contributed by atoms with E-state index in [1.54, 1.807) is 19.2 Å². The van der Waals surface area contributed by atoms with Crippen molar-refractivity contribution in [3.05, 3.63) is 22.9 Å². The molecule has 1 heterocycles. The standard InChI is InChI=1S/C8H8N2O3/c1-5-3-7-6(4-8(5)12-2)9-13-10(7)11/h3-4H,1-2H3. The summed E-state index contributed by atoms with van der Waals surface area (Å²) in [5.41, 5.74) is 1.79. The summed E-state index contributed by atoms with van der Waals surface area (Å²) < 4.78 is 9.49. The van der Waals surface area contributed by atoms with Crippen molar-refractivity contribution in [2.24, 2.45) is 0 Å². The number of benzene rings is 1. The van der Waals surface area contributed by atoms with Crippen LogP contribution < -0.4 is 9.64 Å². The summed E-state index contributed by atoms with van der Waals surface area (Å²) in [6, 6.07) is 3.35. The van der Waals surface area contributed by atoms with E-state index < -0.39 is 0 Å². The van der Waals surface area contributed by atoms with Crippen LogP contribution in [0.4, 0.5) is 0 Å². The summed E-state index contributed by atoms with van der Waals surface area (Å²) in [7, 11) is 1.57. The Morgan fingerprint density at radius 3 is 3.00 bits per heavy atom. The fraction of sp³-hybridized carbons (Fsp3) is 0.250. The lowest BCUT2D eigenvalue weighted by Crippen LogP contribution is -2.22. The van der Waals surface area contributed by atoms with Gasteiger partial charge in [-0.1, -0.05) is 0 Å². The van der Waals surface area contributed by atoms with E-state index in [0.717, 1.165) is 5.56 Å². The first-order valence-corrected chi connectivity index (χ1v) is 3.76. The molecule has 2 rings (SSSR count). The van der Waals surface area contributed by atoms with E-state index in [-0.39, 0.29) is 0 Å². The van der Waals surface area contributed by atoms with E-state index in [1.807, 2.05) is 6.92 Å². The minimum Gasteiger partial charge on any atom is -0.496 e. The first kappa shape index (κ1) is 7.85. The maximum atomic E-state index is 11.0. The van der Waals surface area contributed by atoms with Crippen LogP contribution in [0.5, 0.6) is 5.75 Å². The highest BCUT2D eigenvalue weighted by Gasteiger charge is 2.12. The predicted octanol–water partition coefficient (Wildman–Crippen LogP) is 0.778. The van der Waals surface area contributed by atoms with Crippen LogP contribution in [0.2, 0.25) is 0 Å². The molecule has 2 aromatic rings. The summed E-state index contributed by atoms with van der Waals surface area (Å²) in [5.74, 6) is 0.696. The molecule has 0 radical (unpaired) electrons. The van der Waals surface area contributed by atoms with Crippen LogP contribution in [0.3, 0.4) is 0 Å². The number of rotatable bonds is 1. The molecule has 0 aliphatic heterocycles. The average molecular weight is 180 g/mol. The summed E-state index contributed by atoms with van der Waals surface area (Å²) in [5, 5.41) is 14.5. The molecule has 1 aromatic heterocycles. The van der Waals surface area contributed by atoms with E-state index in [9.17, 15) is 5.21 Å². The van der Waals surface area contributed by atoms with Crippen molar-refractivity contribution in [3.63, 3.8) is 0 Å². The summed E-state index contributed by atoms with van der Waals surface area (Å²) in [6.07, 6.45) is 0. The molecule has 0 N–H and O–H groups in total. The zero-order valence-corrected chi connectivity index (χ0v) is 7.27. The summed E-state index contributed by atoms with van der Waals surface area (Å²) in [4.78, 5) is 0.377. The number of aromatic nitrogens is 2. The van der Waals surface area contributed by atoms with Gasteiger partial charge >= 0.3 is 0 Å². The molecule has 0 aliphatic carbocycles. The van der Waals surface area contributed by atoms with Crippen molar-refractivity contribution in [3.8, 4) is 5.75 Å². The maximum absolute atomic E-state index is 11.0. The van der Waals surface area contributed by atoms with Crippen molar-refractivity contribution >= 4 is 11.0 Å². The molecule has 0 unspecified atom stereocenters. The second kappa shape index (κ2) is 2.62. The number of methoxy groups -OCH3 is 1. The van der Waals surface area contributed by atoms with Crippen LogP contribution in [-0.4, -0.2) is 12.3 Å². The lowest BCUT2D eigenvalue weighted by Gasteiger charge is -2.00. The van der Waals surface area contributed by atoms with Crippen LogP contribution >= 0.6 is 0 Å². The second-order valence-corrected chi connectivity index (χ2v) is 2.74. The normalized spacial score (nSPS) is 10.6. The van der Waals surface area contributed by atoms with Gasteiger partial charge in [-0.25, -0.2) is 0 Å². The molecule has 5 heteroatoms. The number of aryl methyl sites for hydroxylation is 1. The Balaban J connectivity index is 2.76. The van der Waals surface area contributed by atoms with Gasteiger partial charge in [-0.3, -0.25) is 4.63 Å². The molecule has 13 heavy (non-hydrogen) atoms. The molecule has 0 amide bonds. The van der Waals surface area contributed by atoms with Crippen molar-refractivity contribution in [2.45, 2.75) is 6.92 Å². The van der Waals surface area contributed by atoms with Crippen molar-refractivity contribution in [2.75, 3.05) is 7.11 Å². The van der Waals surface area contributed by atoms with Gasteiger partial charge in [-0.2, -0.15) is 0 Å². The van der Waals surface area contributed by atoms with Gasteiger partial charge in [-0.05, 0) is 17.4 Å². The Morgan fingerprint density at radius 1 is 1.54 bits per heavy atom. The van der Waals surface area contributed by atoms with Crippen LogP contribution in [0, 0.1) is 12.1 Å². The lowest BCUT2D eigenvalue weighted by atomic mass is 10.2. The minimum absolute atomic E-state index is 0.377. The van der Waals surface area contributed by atoms with E-state index >= 15 is 0 Å². The van der Waals surface area contributed by atoms with E-state index in [1.165, 1.54) is 0 Å². The van der Waals surface area contributed by atoms with E-state index in [2.05, 4.69) is 9.79 Å². The predicted molar refractivity (Wildman–Crippen MR) is 44.3 cm³/mol. The second-order valence-electron chi connectivity index (χ2n) is 2.74. The number of hydrogen-bond donors (Lipinski definition) is 0. The highest BCUT2D eigenvalue weighted by atomic mass is 16.8.